The molecule has 34 heavy (non-hydrogen) atoms. The average molecular weight is 501 g/mol. The summed E-state index contributed by atoms with van der Waals surface area (Å²) < 4.78 is 49.2. The molecule has 0 aliphatic carbocycles. The molecule has 0 saturated carbocycles. The van der Waals surface area contributed by atoms with Gasteiger partial charge in [0.2, 0.25) is 0 Å². The predicted molar refractivity (Wildman–Crippen MR) is 123 cm³/mol. The van der Waals surface area contributed by atoms with Gasteiger partial charge in [-0.15, -0.1) is 0 Å². The lowest BCUT2D eigenvalue weighted by atomic mass is 9.98. The molecule has 0 radical (unpaired) electrons. The largest absolute Gasteiger partial charge is 0.481 e. The SMILES string of the molecule is CC(CC#Cc1cc(-c2cncnc2S(C)(=O)=O)cc(-c2cncnc2S(C)(=O)=O)c1)C(=O)O. The third kappa shape index (κ3) is 5.81. The number of carboxylic acid groups (broad SMARTS) is 1. The summed E-state index contributed by atoms with van der Waals surface area (Å²) in [4.78, 5) is 26.7. The number of nitrogens with zero attached hydrogens (tertiary/aromatic N) is 4. The number of aromatic nitrogens is 4. The minimum atomic E-state index is -3.71. The number of benzene rings is 1. The van der Waals surface area contributed by atoms with Gasteiger partial charge in [-0.3, -0.25) is 4.79 Å². The van der Waals surface area contributed by atoms with Crippen LogP contribution in [0.3, 0.4) is 0 Å². The molecule has 3 rings (SSSR count). The van der Waals surface area contributed by atoms with E-state index in [0.717, 1.165) is 25.2 Å². The van der Waals surface area contributed by atoms with Crippen LogP contribution in [0, 0.1) is 17.8 Å². The summed E-state index contributed by atoms with van der Waals surface area (Å²) in [5.41, 5.74) is 1.55. The average Bonchev–Trinajstić information content (AvgIpc) is 2.77. The number of aliphatic carboxylic acids is 1. The highest BCUT2D eigenvalue weighted by Gasteiger charge is 2.20. The molecule has 0 aliphatic rings. The van der Waals surface area contributed by atoms with Crippen LogP contribution in [-0.4, -0.2) is 60.4 Å². The Balaban J connectivity index is 2.28. The first-order chi connectivity index (χ1) is 15.9. The maximum absolute atomic E-state index is 12.3. The van der Waals surface area contributed by atoms with Gasteiger partial charge in [0.25, 0.3) is 0 Å². The number of carboxylic acids is 1. The van der Waals surface area contributed by atoms with Gasteiger partial charge in [-0.1, -0.05) is 18.8 Å². The second-order valence-corrected chi connectivity index (χ2v) is 11.4. The number of carbonyl (C=O) groups is 1. The van der Waals surface area contributed by atoms with Gasteiger partial charge in [0.15, 0.2) is 29.7 Å². The Hall–Kier alpha value is -3.69. The van der Waals surface area contributed by atoms with Crippen molar-refractivity contribution in [2.45, 2.75) is 23.4 Å². The topological polar surface area (TPSA) is 157 Å². The van der Waals surface area contributed by atoms with Gasteiger partial charge >= 0.3 is 5.97 Å². The van der Waals surface area contributed by atoms with Crippen LogP contribution in [0.2, 0.25) is 0 Å². The summed E-state index contributed by atoms with van der Waals surface area (Å²) in [6.07, 6.45) is 7.03. The maximum atomic E-state index is 12.3. The van der Waals surface area contributed by atoms with Crippen molar-refractivity contribution in [2.24, 2.45) is 5.92 Å². The van der Waals surface area contributed by atoms with Crippen molar-refractivity contribution in [3.63, 3.8) is 0 Å². The van der Waals surface area contributed by atoms with Crippen molar-refractivity contribution in [1.29, 1.82) is 0 Å². The molecule has 12 heteroatoms. The first-order valence-corrected chi connectivity index (χ1v) is 13.5. The highest BCUT2D eigenvalue weighted by molar-refractivity contribution is 7.91. The lowest BCUT2D eigenvalue weighted by Crippen LogP contribution is -2.07. The Morgan fingerprint density at radius 2 is 1.38 bits per heavy atom. The van der Waals surface area contributed by atoms with Gasteiger partial charge in [0, 0.05) is 48.0 Å². The van der Waals surface area contributed by atoms with E-state index in [1.54, 1.807) is 18.2 Å². The standard InChI is InChI=1S/C22H20N4O6S2/c1-14(22(27)28)5-4-6-15-7-16(18-10-23-12-25-20(18)33(2,29)30)9-17(8-15)19-11-24-13-26-21(19)34(3,31)32/h7-14H,5H2,1-3H3,(H,27,28). The van der Waals surface area contributed by atoms with Crippen LogP contribution >= 0.6 is 0 Å². The van der Waals surface area contributed by atoms with Crippen LogP contribution in [0.5, 0.6) is 0 Å². The van der Waals surface area contributed by atoms with Crippen LogP contribution in [0.4, 0.5) is 0 Å². The molecular formula is C22H20N4O6S2. The molecule has 1 aromatic carbocycles. The molecule has 0 bridgehead atoms. The normalized spacial score (nSPS) is 12.4. The van der Waals surface area contributed by atoms with Crippen molar-refractivity contribution < 1.29 is 26.7 Å². The lowest BCUT2D eigenvalue weighted by molar-refractivity contribution is -0.140. The van der Waals surface area contributed by atoms with Gasteiger partial charge in [0.1, 0.15) is 12.7 Å². The predicted octanol–water partition coefficient (Wildman–Crippen LogP) is 1.87. The van der Waals surface area contributed by atoms with E-state index in [1.807, 2.05) is 0 Å². The quantitative estimate of drug-likeness (QED) is 0.391. The monoisotopic (exact) mass is 500 g/mol. The number of rotatable bonds is 6. The molecule has 1 N–H and O–H groups in total. The lowest BCUT2D eigenvalue weighted by Gasteiger charge is -2.11. The fraction of sp³-hybridized carbons (Fsp3) is 0.227. The van der Waals surface area contributed by atoms with Gasteiger partial charge in [-0.2, -0.15) is 0 Å². The molecule has 10 nitrogen and oxygen atoms in total. The van der Waals surface area contributed by atoms with E-state index >= 15 is 0 Å². The third-order valence-corrected chi connectivity index (χ3v) is 6.73. The Kier molecular flexibility index (Phi) is 7.09. The van der Waals surface area contributed by atoms with Crippen molar-refractivity contribution in [2.75, 3.05) is 12.5 Å². The van der Waals surface area contributed by atoms with E-state index in [0.29, 0.717) is 16.7 Å². The first-order valence-electron chi connectivity index (χ1n) is 9.75. The van der Waals surface area contributed by atoms with Gasteiger partial charge < -0.3 is 5.11 Å². The fourth-order valence-corrected chi connectivity index (χ4v) is 4.65. The Morgan fingerprint density at radius 3 is 1.79 bits per heavy atom. The highest BCUT2D eigenvalue weighted by atomic mass is 32.2. The molecule has 2 heterocycles. The zero-order valence-corrected chi connectivity index (χ0v) is 20.1. The minimum Gasteiger partial charge on any atom is -0.481 e. The zero-order chi connectivity index (χ0) is 25.1. The number of hydrogen-bond donors (Lipinski definition) is 1. The van der Waals surface area contributed by atoms with E-state index in [9.17, 15) is 21.6 Å². The van der Waals surface area contributed by atoms with Gasteiger partial charge in [0.05, 0.1) is 5.92 Å². The van der Waals surface area contributed by atoms with Crippen molar-refractivity contribution in [3.8, 4) is 34.1 Å². The van der Waals surface area contributed by atoms with Gasteiger partial charge in [-0.25, -0.2) is 36.8 Å². The van der Waals surface area contributed by atoms with E-state index in [4.69, 9.17) is 5.11 Å². The summed E-state index contributed by atoms with van der Waals surface area (Å²) >= 11 is 0. The Bertz CT molecular complexity index is 1450. The fourth-order valence-electron chi connectivity index (χ4n) is 3.03. The van der Waals surface area contributed by atoms with Crippen LogP contribution < -0.4 is 0 Å². The molecule has 0 aliphatic heterocycles. The molecule has 1 atom stereocenters. The molecule has 0 saturated heterocycles. The molecule has 2 aromatic heterocycles. The smallest absolute Gasteiger partial charge is 0.307 e. The van der Waals surface area contributed by atoms with Crippen LogP contribution in [-0.2, 0) is 24.5 Å². The molecule has 0 spiro atoms. The molecule has 176 valence electrons. The molecular weight excluding hydrogens is 480 g/mol. The van der Waals surface area contributed by atoms with Crippen molar-refractivity contribution in [1.82, 2.24) is 19.9 Å². The number of hydrogen-bond acceptors (Lipinski definition) is 9. The molecule has 0 fully saturated rings. The summed E-state index contributed by atoms with van der Waals surface area (Å²) in [6.45, 7) is 1.53. The van der Waals surface area contributed by atoms with E-state index in [-0.39, 0.29) is 27.6 Å². The van der Waals surface area contributed by atoms with Crippen LogP contribution in [0.1, 0.15) is 18.9 Å². The van der Waals surface area contributed by atoms with Crippen molar-refractivity contribution in [3.05, 3.63) is 48.8 Å². The first kappa shape index (κ1) is 24.9. The maximum Gasteiger partial charge on any atom is 0.307 e. The summed E-state index contributed by atoms with van der Waals surface area (Å²) in [5.74, 6) is 4.00. The van der Waals surface area contributed by atoms with Gasteiger partial charge in [-0.05, 0) is 29.3 Å². The van der Waals surface area contributed by atoms with Crippen LogP contribution in [0.15, 0.2) is 53.3 Å². The van der Waals surface area contributed by atoms with E-state index in [1.165, 1.54) is 19.3 Å². The van der Waals surface area contributed by atoms with Crippen LogP contribution in [0.25, 0.3) is 22.3 Å². The summed E-state index contributed by atoms with van der Waals surface area (Å²) in [7, 11) is -7.43. The second kappa shape index (κ2) is 9.66. The summed E-state index contributed by atoms with van der Waals surface area (Å²) in [6, 6.07) is 4.77. The summed E-state index contributed by atoms with van der Waals surface area (Å²) in [5, 5.41) is 8.66. The molecule has 1 unspecified atom stereocenters. The highest BCUT2D eigenvalue weighted by Crippen LogP contribution is 2.32. The third-order valence-electron chi connectivity index (χ3n) is 4.67. The zero-order valence-electron chi connectivity index (χ0n) is 18.4. The Labute approximate surface area is 197 Å². The number of sulfone groups is 2. The molecule has 0 amide bonds. The Morgan fingerprint density at radius 1 is 0.912 bits per heavy atom. The minimum absolute atomic E-state index is 0.0843. The van der Waals surface area contributed by atoms with Crippen molar-refractivity contribution >= 4 is 25.6 Å². The second-order valence-electron chi connectivity index (χ2n) is 7.57. The van der Waals surface area contributed by atoms with E-state index in [2.05, 4.69) is 31.8 Å². The van der Waals surface area contributed by atoms with E-state index < -0.39 is 31.6 Å². The molecule has 3 aromatic rings.